The molecule has 1 atom stereocenters. The fourth-order valence-electron chi connectivity index (χ4n) is 6.20. The van der Waals surface area contributed by atoms with Crippen LogP contribution in [0.1, 0.15) is 72.9 Å². The molecular formula is C28H32FN3O3. The first kappa shape index (κ1) is 22.7. The van der Waals surface area contributed by atoms with Crippen LogP contribution in [0.5, 0.6) is 0 Å². The molecule has 1 amide bonds. The fraction of sp³-hybridized carbons (Fsp3) is 0.500. The summed E-state index contributed by atoms with van der Waals surface area (Å²) in [5.74, 6) is 0.271. The summed E-state index contributed by atoms with van der Waals surface area (Å²) in [4.78, 5) is 16.7. The zero-order chi connectivity index (χ0) is 23.9. The molecule has 3 aliphatic rings. The Morgan fingerprint density at radius 3 is 2.71 bits per heavy atom. The number of amides is 1. The largest absolute Gasteiger partial charge is 0.388 e. The quantitative estimate of drug-likeness (QED) is 0.548. The number of nitrogens with zero attached hydrogens (tertiary/aromatic N) is 3. The van der Waals surface area contributed by atoms with Crippen LogP contribution in [0.3, 0.4) is 0 Å². The van der Waals surface area contributed by atoms with Crippen molar-refractivity contribution < 1.29 is 18.8 Å². The van der Waals surface area contributed by atoms with Gasteiger partial charge in [0.2, 0.25) is 5.91 Å². The fourth-order valence-corrected chi connectivity index (χ4v) is 6.20. The van der Waals surface area contributed by atoms with Crippen LogP contribution in [-0.4, -0.2) is 47.2 Å². The van der Waals surface area contributed by atoms with Crippen LogP contribution < -0.4 is 4.90 Å². The number of anilines is 1. The summed E-state index contributed by atoms with van der Waals surface area (Å²) in [6, 6.07) is 8.91. The number of hydrogen-bond donors (Lipinski definition) is 1. The Morgan fingerprint density at radius 2 is 1.89 bits per heavy atom. The molecule has 1 fully saturated rings. The number of carbonyl (C=O) groups excluding carboxylic acids is 1. The molecule has 0 radical (unpaired) electrons. The Labute approximate surface area is 204 Å². The third kappa shape index (κ3) is 4.36. The minimum absolute atomic E-state index is 0.237. The maximum atomic E-state index is 13.4. The van der Waals surface area contributed by atoms with Crippen molar-refractivity contribution in [3.05, 3.63) is 58.5 Å². The van der Waals surface area contributed by atoms with Crippen LogP contribution in [0.25, 0.3) is 11.0 Å². The van der Waals surface area contributed by atoms with Crippen LogP contribution in [0.15, 0.2) is 34.9 Å². The van der Waals surface area contributed by atoms with Gasteiger partial charge in [-0.05, 0) is 93.4 Å². The van der Waals surface area contributed by atoms with Gasteiger partial charge in [0.05, 0.1) is 17.5 Å². The normalized spacial score (nSPS) is 19.8. The van der Waals surface area contributed by atoms with Gasteiger partial charge >= 0.3 is 0 Å². The number of hydrogen-bond acceptors (Lipinski definition) is 5. The van der Waals surface area contributed by atoms with Crippen molar-refractivity contribution in [3.63, 3.8) is 0 Å². The molecule has 3 aromatic rings. The average Bonchev–Trinajstić information content (AvgIpc) is 3.29. The maximum Gasteiger partial charge on any atom is 0.227 e. The van der Waals surface area contributed by atoms with Gasteiger partial charge < -0.3 is 19.4 Å². The van der Waals surface area contributed by atoms with Crippen molar-refractivity contribution in [2.75, 3.05) is 31.1 Å². The van der Waals surface area contributed by atoms with Gasteiger partial charge in [0, 0.05) is 30.3 Å². The molecule has 0 spiro atoms. The van der Waals surface area contributed by atoms with E-state index in [1.807, 2.05) is 4.90 Å². The molecule has 0 bridgehead atoms. The summed E-state index contributed by atoms with van der Waals surface area (Å²) in [7, 11) is 0. The van der Waals surface area contributed by atoms with Gasteiger partial charge in [-0.1, -0.05) is 17.3 Å². The molecule has 4 heterocycles. The zero-order valence-corrected chi connectivity index (χ0v) is 20.0. The Balaban J connectivity index is 1.03. The standard InChI is InChI=1S/C28H32FN3O3/c29-22-6-7-23-25(17-22)35-30-27(23)18-9-13-31(14-10-18)11-2-4-24(33)21-15-19-3-1-12-32-26(34)8-5-20(16-21)28(19)32/h6-7,15-18,24,33H,1-5,8-14H2. The third-order valence-electron chi connectivity index (χ3n) is 8.07. The number of aliphatic hydroxyl groups is 1. The molecule has 0 saturated carbocycles. The van der Waals surface area contributed by atoms with E-state index in [0.29, 0.717) is 17.9 Å². The van der Waals surface area contributed by atoms with E-state index in [4.69, 9.17) is 4.52 Å². The summed E-state index contributed by atoms with van der Waals surface area (Å²) in [5.41, 5.74) is 6.04. The SMILES string of the molecule is O=C1CCc2cc(C(O)CCCN3CCC(c4noc5cc(F)ccc45)CC3)cc3c2N1CCC3. The maximum absolute atomic E-state index is 13.4. The molecule has 2 aromatic carbocycles. The van der Waals surface area contributed by atoms with Crippen LogP contribution in [0.2, 0.25) is 0 Å². The van der Waals surface area contributed by atoms with E-state index in [-0.39, 0.29) is 11.7 Å². The summed E-state index contributed by atoms with van der Waals surface area (Å²) >= 11 is 0. The van der Waals surface area contributed by atoms with Crippen LogP contribution in [0, 0.1) is 5.82 Å². The van der Waals surface area contributed by atoms with Gasteiger partial charge in [-0.15, -0.1) is 0 Å². The number of aliphatic hydroxyl groups excluding tert-OH is 1. The van der Waals surface area contributed by atoms with Crippen LogP contribution >= 0.6 is 0 Å². The van der Waals surface area contributed by atoms with Crippen LogP contribution in [-0.2, 0) is 17.6 Å². The Hall–Kier alpha value is -2.77. The van der Waals surface area contributed by atoms with Crippen molar-refractivity contribution in [1.82, 2.24) is 10.1 Å². The van der Waals surface area contributed by atoms with E-state index < -0.39 is 6.10 Å². The number of aryl methyl sites for hydroxylation is 2. The first-order valence-corrected chi connectivity index (χ1v) is 13.0. The first-order chi connectivity index (χ1) is 17.1. The van der Waals surface area contributed by atoms with Crippen LogP contribution in [0.4, 0.5) is 10.1 Å². The first-order valence-electron chi connectivity index (χ1n) is 13.0. The lowest BCUT2D eigenvalue weighted by molar-refractivity contribution is -0.119. The highest BCUT2D eigenvalue weighted by molar-refractivity contribution is 5.97. The number of aromatic nitrogens is 1. The number of halogens is 1. The van der Waals surface area contributed by atoms with E-state index in [0.717, 1.165) is 93.5 Å². The number of carbonyl (C=O) groups is 1. The van der Waals surface area contributed by atoms with Crippen molar-refractivity contribution in [3.8, 4) is 0 Å². The molecule has 1 aromatic heterocycles. The van der Waals surface area contributed by atoms with E-state index in [1.54, 1.807) is 6.07 Å². The number of likely N-dealkylation sites (tertiary alicyclic amines) is 1. The lowest BCUT2D eigenvalue weighted by Crippen LogP contribution is -2.39. The van der Waals surface area contributed by atoms with Crippen molar-refractivity contribution in [1.29, 1.82) is 0 Å². The van der Waals surface area contributed by atoms with Gasteiger partial charge in [-0.25, -0.2) is 4.39 Å². The summed E-state index contributed by atoms with van der Waals surface area (Å²) in [6.45, 7) is 3.77. The molecule has 1 unspecified atom stereocenters. The molecule has 1 N–H and O–H groups in total. The van der Waals surface area contributed by atoms with Crippen molar-refractivity contribution in [2.45, 2.75) is 63.4 Å². The summed E-state index contributed by atoms with van der Waals surface area (Å²) in [5, 5.41) is 16.1. The van der Waals surface area contributed by atoms with Gasteiger partial charge in [0.15, 0.2) is 5.58 Å². The number of piperidine rings is 1. The number of rotatable bonds is 6. The zero-order valence-electron chi connectivity index (χ0n) is 20.0. The van der Waals surface area contributed by atoms with E-state index in [9.17, 15) is 14.3 Å². The second-order valence-electron chi connectivity index (χ2n) is 10.3. The van der Waals surface area contributed by atoms with E-state index in [2.05, 4.69) is 22.2 Å². The van der Waals surface area contributed by atoms with Gasteiger partial charge in [-0.2, -0.15) is 0 Å². The summed E-state index contributed by atoms with van der Waals surface area (Å²) < 4.78 is 18.8. The number of benzene rings is 2. The second kappa shape index (κ2) is 9.36. The topological polar surface area (TPSA) is 69.8 Å². The molecule has 0 aliphatic carbocycles. The summed E-state index contributed by atoms with van der Waals surface area (Å²) in [6.07, 6.45) is 6.55. The van der Waals surface area contributed by atoms with E-state index >= 15 is 0 Å². The van der Waals surface area contributed by atoms with E-state index in [1.165, 1.54) is 23.3 Å². The highest BCUT2D eigenvalue weighted by Crippen LogP contribution is 2.38. The van der Waals surface area contributed by atoms with Gasteiger partial charge in [0.1, 0.15) is 5.82 Å². The van der Waals surface area contributed by atoms with Crippen molar-refractivity contribution in [2.24, 2.45) is 0 Å². The molecule has 7 heteroatoms. The third-order valence-corrected chi connectivity index (χ3v) is 8.07. The predicted octanol–water partition coefficient (Wildman–Crippen LogP) is 4.89. The van der Waals surface area contributed by atoms with Crippen molar-refractivity contribution >= 4 is 22.6 Å². The smallest absolute Gasteiger partial charge is 0.227 e. The Kier molecular flexibility index (Phi) is 6.06. The minimum Gasteiger partial charge on any atom is -0.388 e. The molecule has 6 rings (SSSR count). The lowest BCUT2D eigenvalue weighted by atomic mass is 9.88. The Morgan fingerprint density at radius 1 is 1.09 bits per heavy atom. The second-order valence-corrected chi connectivity index (χ2v) is 10.3. The molecule has 1 saturated heterocycles. The minimum atomic E-state index is -0.469. The monoisotopic (exact) mass is 477 g/mol. The number of fused-ring (bicyclic) bond motifs is 1. The van der Waals surface area contributed by atoms with Gasteiger partial charge in [0.25, 0.3) is 0 Å². The highest BCUT2D eigenvalue weighted by Gasteiger charge is 2.30. The van der Waals surface area contributed by atoms with Gasteiger partial charge in [-0.3, -0.25) is 4.79 Å². The Bertz CT molecular complexity index is 1230. The molecule has 35 heavy (non-hydrogen) atoms. The molecule has 6 nitrogen and oxygen atoms in total. The molecule has 184 valence electrons. The predicted molar refractivity (Wildman–Crippen MR) is 132 cm³/mol. The highest BCUT2D eigenvalue weighted by atomic mass is 19.1. The average molecular weight is 478 g/mol. The molecule has 3 aliphatic heterocycles. The lowest BCUT2D eigenvalue weighted by Gasteiger charge is -2.36. The molecular weight excluding hydrogens is 445 g/mol.